The molecule has 2 aromatic rings. The smallest absolute Gasteiger partial charge is 0.118 e. The Morgan fingerprint density at radius 1 is 0.826 bits per heavy atom. The van der Waals surface area contributed by atoms with E-state index in [-0.39, 0.29) is 0 Å². The summed E-state index contributed by atoms with van der Waals surface area (Å²) < 4.78 is 0. The first-order chi connectivity index (χ1) is 10.9. The molecule has 2 unspecified atom stereocenters. The summed E-state index contributed by atoms with van der Waals surface area (Å²) in [5, 5.41) is 26.0. The highest BCUT2D eigenvalue weighted by molar-refractivity contribution is 7.10. The highest BCUT2D eigenvalue weighted by Crippen LogP contribution is 2.41. The molecule has 2 N–H and O–H groups in total. The first-order valence-electron chi connectivity index (χ1n) is 7.52. The Kier molecular flexibility index (Phi) is 4.43. The van der Waals surface area contributed by atoms with E-state index in [4.69, 9.17) is 0 Å². The number of hydrogen-bond acceptors (Lipinski definition) is 4. The highest BCUT2D eigenvalue weighted by atomic mass is 32.1. The fourth-order valence-corrected chi connectivity index (χ4v) is 4.41. The Balaban J connectivity index is 1.94. The lowest BCUT2D eigenvalue weighted by atomic mass is 9.83. The summed E-state index contributed by atoms with van der Waals surface area (Å²) in [5.74, 6) is 0. The van der Waals surface area contributed by atoms with Gasteiger partial charge in [-0.05, 0) is 54.3 Å². The van der Waals surface area contributed by atoms with E-state index in [1.165, 1.54) is 0 Å². The summed E-state index contributed by atoms with van der Waals surface area (Å²) in [6.07, 6.45) is 8.29. The van der Waals surface area contributed by atoms with Crippen LogP contribution in [0.2, 0.25) is 0 Å². The molecule has 1 aliphatic carbocycles. The van der Waals surface area contributed by atoms with Crippen molar-refractivity contribution in [1.29, 1.82) is 0 Å². The second-order valence-corrected chi connectivity index (χ2v) is 7.94. The predicted octanol–water partition coefficient (Wildman–Crippen LogP) is 4.74. The summed E-state index contributed by atoms with van der Waals surface area (Å²) in [5.41, 5.74) is -0.297. The summed E-state index contributed by atoms with van der Waals surface area (Å²) >= 11 is 3.08. The maximum Gasteiger partial charge on any atom is 0.118 e. The van der Waals surface area contributed by atoms with Gasteiger partial charge in [-0.3, -0.25) is 0 Å². The molecular weight excluding hydrogens is 324 g/mol. The Morgan fingerprint density at radius 3 is 1.61 bits per heavy atom. The van der Waals surface area contributed by atoms with Crippen LogP contribution in [0.4, 0.5) is 0 Å². The topological polar surface area (TPSA) is 40.5 Å². The van der Waals surface area contributed by atoms with Crippen molar-refractivity contribution in [2.75, 3.05) is 0 Å². The zero-order valence-corrected chi connectivity index (χ0v) is 14.8. The molecular formula is C19H20O2S2. The average Bonchev–Trinajstić information content (AvgIpc) is 3.16. The van der Waals surface area contributed by atoms with Gasteiger partial charge in [0.05, 0.1) is 0 Å². The summed E-state index contributed by atoms with van der Waals surface area (Å²) in [6, 6.07) is 7.78. The Bertz CT molecular complexity index is 681. The van der Waals surface area contributed by atoms with Gasteiger partial charge in [0, 0.05) is 9.75 Å². The van der Waals surface area contributed by atoms with E-state index in [1.807, 2.05) is 73.2 Å². The van der Waals surface area contributed by atoms with Crippen molar-refractivity contribution >= 4 is 22.7 Å². The van der Waals surface area contributed by atoms with Gasteiger partial charge in [-0.2, -0.15) is 0 Å². The minimum Gasteiger partial charge on any atom is -0.380 e. The molecule has 4 heteroatoms. The van der Waals surface area contributed by atoms with Crippen molar-refractivity contribution in [1.82, 2.24) is 0 Å². The van der Waals surface area contributed by atoms with Crippen LogP contribution in [0.15, 0.2) is 70.5 Å². The fourth-order valence-electron chi connectivity index (χ4n) is 2.76. The van der Waals surface area contributed by atoms with Crippen LogP contribution in [-0.4, -0.2) is 10.2 Å². The second-order valence-electron chi connectivity index (χ2n) is 6.04. The van der Waals surface area contributed by atoms with Gasteiger partial charge in [-0.15, -0.1) is 22.7 Å². The number of hydrogen-bond donors (Lipinski definition) is 2. The second kappa shape index (κ2) is 6.21. The normalized spacial score (nSPS) is 20.2. The third-order valence-corrected chi connectivity index (χ3v) is 6.50. The van der Waals surface area contributed by atoms with E-state index in [2.05, 4.69) is 0 Å². The lowest BCUT2D eigenvalue weighted by Crippen LogP contribution is -2.28. The van der Waals surface area contributed by atoms with Gasteiger partial charge in [-0.1, -0.05) is 36.4 Å². The number of thiophene rings is 2. The molecule has 0 saturated heterocycles. The van der Waals surface area contributed by atoms with E-state index >= 15 is 0 Å². The summed E-state index contributed by atoms with van der Waals surface area (Å²) in [4.78, 5) is 1.82. The van der Waals surface area contributed by atoms with Gasteiger partial charge in [0.25, 0.3) is 0 Å². The molecule has 0 amide bonds. The zero-order chi connectivity index (χ0) is 16.5. The molecule has 0 radical (unpaired) electrons. The van der Waals surface area contributed by atoms with Crippen molar-refractivity contribution in [3.05, 3.63) is 80.2 Å². The number of rotatable bonds is 4. The van der Waals surface area contributed by atoms with Gasteiger partial charge >= 0.3 is 0 Å². The minimum atomic E-state index is -1.03. The van der Waals surface area contributed by atoms with Crippen LogP contribution in [0.5, 0.6) is 0 Å². The number of allylic oxidation sites excluding steroid dienone is 4. The zero-order valence-electron chi connectivity index (χ0n) is 13.2. The molecule has 0 fully saturated rings. The van der Waals surface area contributed by atoms with Gasteiger partial charge in [-0.25, -0.2) is 0 Å². The molecule has 1 aliphatic rings. The fraction of sp³-hybridized carbons (Fsp3) is 0.263. The van der Waals surface area contributed by atoms with Crippen LogP contribution in [-0.2, 0) is 11.2 Å². The SMILES string of the molecule is CC(O)(C1=CC=CC=C(C(C)(O)c2cccs2)C1)c1cccs1. The Morgan fingerprint density at radius 2 is 1.26 bits per heavy atom. The van der Waals surface area contributed by atoms with Crippen molar-refractivity contribution in [3.8, 4) is 0 Å². The molecule has 0 aromatic carbocycles. The number of aliphatic hydroxyl groups is 2. The lowest BCUT2D eigenvalue weighted by molar-refractivity contribution is 0.0842. The van der Waals surface area contributed by atoms with Crippen LogP contribution in [0.25, 0.3) is 0 Å². The lowest BCUT2D eigenvalue weighted by Gasteiger charge is -2.31. The van der Waals surface area contributed by atoms with Gasteiger partial charge in [0.15, 0.2) is 0 Å². The molecule has 120 valence electrons. The molecule has 3 rings (SSSR count). The third kappa shape index (κ3) is 3.12. The molecule has 2 nitrogen and oxygen atoms in total. The maximum absolute atomic E-state index is 11.0. The first kappa shape index (κ1) is 16.4. The van der Waals surface area contributed by atoms with Gasteiger partial charge < -0.3 is 10.2 Å². The molecule has 2 heterocycles. The van der Waals surface area contributed by atoms with Crippen molar-refractivity contribution < 1.29 is 10.2 Å². The molecule has 0 saturated carbocycles. The standard InChI is InChI=1S/C19H20O2S2/c1-18(20,16-9-5-11-22-16)14-7-3-4-8-15(13-14)19(2,21)17-10-6-12-23-17/h3-12,20-21H,13H2,1-2H3. The average molecular weight is 345 g/mol. The van der Waals surface area contributed by atoms with E-state index in [0.717, 1.165) is 20.9 Å². The van der Waals surface area contributed by atoms with Gasteiger partial charge in [0.2, 0.25) is 0 Å². The van der Waals surface area contributed by atoms with Crippen LogP contribution in [0.3, 0.4) is 0 Å². The quantitative estimate of drug-likeness (QED) is 0.841. The molecule has 0 aliphatic heterocycles. The van der Waals surface area contributed by atoms with Gasteiger partial charge in [0.1, 0.15) is 11.2 Å². The largest absolute Gasteiger partial charge is 0.380 e. The molecule has 23 heavy (non-hydrogen) atoms. The van der Waals surface area contributed by atoms with Crippen LogP contribution < -0.4 is 0 Å². The molecule has 0 bridgehead atoms. The predicted molar refractivity (Wildman–Crippen MR) is 97.7 cm³/mol. The van der Waals surface area contributed by atoms with E-state index in [9.17, 15) is 10.2 Å². The van der Waals surface area contributed by atoms with Crippen LogP contribution in [0, 0.1) is 0 Å². The van der Waals surface area contributed by atoms with Crippen molar-refractivity contribution in [3.63, 3.8) is 0 Å². The molecule has 2 aromatic heterocycles. The molecule has 0 spiro atoms. The Hall–Kier alpha value is -1.46. The first-order valence-corrected chi connectivity index (χ1v) is 9.28. The van der Waals surface area contributed by atoms with Crippen molar-refractivity contribution in [2.24, 2.45) is 0 Å². The summed E-state index contributed by atoms with van der Waals surface area (Å²) in [7, 11) is 0. The van der Waals surface area contributed by atoms with E-state index < -0.39 is 11.2 Å². The highest BCUT2D eigenvalue weighted by Gasteiger charge is 2.35. The minimum absolute atomic E-state index is 0.531. The monoisotopic (exact) mass is 344 g/mol. The van der Waals surface area contributed by atoms with E-state index in [1.54, 1.807) is 22.7 Å². The van der Waals surface area contributed by atoms with Crippen molar-refractivity contribution in [2.45, 2.75) is 31.5 Å². The van der Waals surface area contributed by atoms with E-state index in [0.29, 0.717) is 6.42 Å². The Labute approximate surface area is 144 Å². The molecule has 2 atom stereocenters. The van der Waals surface area contributed by atoms with Crippen LogP contribution >= 0.6 is 22.7 Å². The summed E-state index contributed by atoms with van der Waals surface area (Å²) in [6.45, 7) is 3.64. The maximum atomic E-state index is 11.0. The van der Waals surface area contributed by atoms with Crippen LogP contribution in [0.1, 0.15) is 30.0 Å². The third-order valence-electron chi connectivity index (χ3n) is 4.34.